The fraction of sp³-hybridized carbons (Fsp3) is 0.538. The van der Waals surface area contributed by atoms with Crippen LogP contribution >= 0.6 is 0 Å². The van der Waals surface area contributed by atoms with E-state index >= 15 is 0 Å². The molecule has 0 saturated carbocycles. The van der Waals surface area contributed by atoms with Gasteiger partial charge in [0.05, 0.1) is 7.11 Å². The summed E-state index contributed by atoms with van der Waals surface area (Å²) >= 11 is 0. The summed E-state index contributed by atoms with van der Waals surface area (Å²) in [5.41, 5.74) is 4.07. The van der Waals surface area contributed by atoms with Gasteiger partial charge in [-0.05, 0) is 24.5 Å². The van der Waals surface area contributed by atoms with Crippen LogP contribution in [0.25, 0.3) is 0 Å². The van der Waals surface area contributed by atoms with Crippen LogP contribution in [0.4, 0.5) is 5.69 Å². The maximum atomic E-state index is 5.49. The van der Waals surface area contributed by atoms with Crippen LogP contribution in [-0.4, -0.2) is 20.2 Å². The van der Waals surface area contributed by atoms with Crippen LogP contribution in [0.5, 0.6) is 5.75 Å². The molecule has 0 bridgehead atoms. The number of ether oxygens (including phenoxy) is 1. The van der Waals surface area contributed by atoms with E-state index in [4.69, 9.17) is 4.74 Å². The first kappa shape index (κ1) is 9.97. The van der Waals surface area contributed by atoms with Gasteiger partial charge in [0.25, 0.3) is 0 Å². The molecule has 0 radical (unpaired) electrons. The Kier molecular flexibility index (Phi) is 2.48. The fourth-order valence-corrected chi connectivity index (χ4v) is 2.71. The van der Waals surface area contributed by atoms with Crippen molar-refractivity contribution in [1.29, 1.82) is 0 Å². The summed E-state index contributed by atoms with van der Waals surface area (Å²) in [6.07, 6.45) is 2.63. The minimum atomic E-state index is 0.943. The smallest absolute Gasteiger partial charge is 0.125 e. The molecule has 1 aromatic carbocycles. The zero-order chi connectivity index (χ0) is 11.0. The number of rotatable bonds is 2. The van der Waals surface area contributed by atoms with Gasteiger partial charge in [0.1, 0.15) is 5.75 Å². The Balaban J connectivity index is 2.00. The zero-order valence-electron chi connectivity index (χ0n) is 9.75. The second kappa shape index (κ2) is 3.98. The van der Waals surface area contributed by atoms with E-state index < -0.39 is 0 Å². The Bertz CT molecular complexity index is 397. The highest BCUT2D eigenvalue weighted by atomic mass is 16.5. The molecule has 0 amide bonds. The SMILES string of the molecule is COc1cc(N2CCCC2)cc2c1CNC2. The largest absolute Gasteiger partial charge is 0.496 e. The van der Waals surface area contributed by atoms with E-state index in [0.717, 1.165) is 18.8 Å². The molecule has 2 heterocycles. The highest BCUT2D eigenvalue weighted by Gasteiger charge is 2.20. The number of hydrogen-bond donors (Lipinski definition) is 1. The van der Waals surface area contributed by atoms with Crippen LogP contribution in [0.1, 0.15) is 24.0 Å². The normalized spacial score (nSPS) is 18.9. The van der Waals surface area contributed by atoms with Crippen LogP contribution in [0.2, 0.25) is 0 Å². The van der Waals surface area contributed by atoms with Gasteiger partial charge in [-0.2, -0.15) is 0 Å². The van der Waals surface area contributed by atoms with Crippen molar-refractivity contribution in [2.45, 2.75) is 25.9 Å². The van der Waals surface area contributed by atoms with Crippen LogP contribution in [-0.2, 0) is 13.1 Å². The number of nitrogens with zero attached hydrogens (tertiary/aromatic N) is 1. The van der Waals surface area contributed by atoms with Gasteiger partial charge < -0.3 is 15.0 Å². The first-order chi connectivity index (χ1) is 7.88. The van der Waals surface area contributed by atoms with Gasteiger partial charge in [0.15, 0.2) is 0 Å². The van der Waals surface area contributed by atoms with E-state index in [1.165, 1.54) is 42.7 Å². The first-order valence-electron chi connectivity index (χ1n) is 6.04. The summed E-state index contributed by atoms with van der Waals surface area (Å²) in [4.78, 5) is 2.46. The molecule has 0 aliphatic carbocycles. The van der Waals surface area contributed by atoms with Gasteiger partial charge >= 0.3 is 0 Å². The van der Waals surface area contributed by atoms with Gasteiger partial charge in [0, 0.05) is 43.5 Å². The lowest BCUT2D eigenvalue weighted by molar-refractivity contribution is 0.410. The Hall–Kier alpha value is -1.22. The zero-order valence-corrected chi connectivity index (χ0v) is 9.75. The quantitative estimate of drug-likeness (QED) is 0.820. The van der Waals surface area contributed by atoms with E-state index in [1.54, 1.807) is 7.11 Å². The van der Waals surface area contributed by atoms with Crippen molar-refractivity contribution >= 4 is 5.69 Å². The van der Waals surface area contributed by atoms with Crippen molar-refractivity contribution in [3.05, 3.63) is 23.3 Å². The molecule has 3 nitrogen and oxygen atoms in total. The van der Waals surface area contributed by atoms with Gasteiger partial charge in [-0.15, -0.1) is 0 Å². The second-order valence-corrected chi connectivity index (χ2v) is 4.58. The van der Waals surface area contributed by atoms with Crippen molar-refractivity contribution in [1.82, 2.24) is 5.32 Å². The summed E-state index contributed by atoms with van der Waals surface area (Å²) < 4.78 is 5.49. The maximum absolute atomic E-state index is 5.49. The van der Waals surface area contributed by atoms with Crippen molar-refractivity contribution in [2.75, 3.05) is 25.1 Å². The van der Waals surface area contributed by atoms with E-state index in [1.807, 2.05) is 0 Å². The third kappa shape index (κ3) is 1.55. The lowest BCUT2D eigenvalue weighted by atomic mass is 10.1. The minimum absolute atomic E-state index is 0.943. The number of fused-ring (bicyclic) bond motifs is 1. The highest BCUT2D eigenvalue weighted by Crippen LogP contribution is 2.33. The summed E-state index contributed by atoms with van der Waals surface area (Å²) in [6, 6.07) is 4.51. The third-order valence-electron chi connectivity index (χ3n) is 3.59. The molecule has 3 heteroatoms. The van der Waals surface area contributed by atoms with Crippen LogP contribution in [0.15, 0.2) is 12.1 Å². The lowest BCUT2D eigenvalue weighted by Crippen LogP contribution is -2.17. The molecule has 1 saturated heterocycles. The van der Waals surface area contributed by atoms with Gasteiger partial charge in [-0.3, -0.25) is 0 Å². The summed E-state index contributed by atoms with van der Waals surface area (Å²) in [6.45, 7) is 4.30. The predicted octanol–water partition coefficient (Wildman–Crippen LogP) is 1.90. The molecule has 1 aromatic rings. The number of hydrogen-bond acceptors (Lipinski definition) is 3. The molecule has 2 aliphatic rings. The van der Waals surface area contributed by atoms with Crippen molar-refractivity contribution in [3.8, 4) is 5.75 Å². The predicted molar refractivity (Wildman–Crippen MR) is 65.0 cm³/mol. The first-order valence-corrected chi connectivity index (χ1v) is 6.04. The monoisotopic (exact) mass is 218 g/mol. The average Bonchev–Trinajstić information content (AvgIpc) is 2.97. The van der Waals surface area contributed by atoms with Crippen molar-refractivity contribution < 1.29 is 4.74 Å². The summed E-state index contributed by atoms with van der Waals surface area (Å²) in [5.74, 6) is 1.05. The van der Waals surface area contributed by atoms with Crippen LogP contribution in [0, 0.1) is 0 Å². The lowest BCUT2D eigenvalue weighted by Gasteiger charge is -2.20. The molecule has 2 aliphatic heterocycles. The molecule has 0 unspecified atom stereocenters. The average molecular weight is 218 g/mol. The molecule has 0 aromatic heterocycles. The molecule has 1 fully saturated rings. The number of nitrogens with one attached hydrogen (secondary N) is 1. The molecule has 0 spiro atoms. The topological polar surface area (TPSA) is 24.5 Å². The Morgan fingerprint density at radius 3 is 2.75 bits per heavy atom. The molecule has 16 heavy (non-hydrogen) atoms. The summed E-state index contributed by atoms with van der Waals surface area (Å²) in [5, 5.41) is 3.38. The standard InChI is InChI=1S/C13H18N2O/c1-16-13-7-11(15-4-2-3-5-15)6-10-8-14-9-12(10)13/h6-7,14H,2-5,8-9H2,1H3. The van der Waals surface area contributed by atoms with E-state index in [2.05, 4.69) is 22.3 Å². The Labute approximate surface area is 96.4 Å². The molecule has 1 N–H and O–H groups in total. The molecular weight excluding hydrogens is 200 g/mol. The number of benzene rings is 1. The fourth-order valence-electron chi connectivity index (χ4n) is 2.71. The Morgan fingerprint density at radius 1 is 1.19 bits per heavy atom. The highest BCUT2D eigenvalue weighted by molar-refractivity contribution is 5.58. The van der Waals surface area contributed by atoms with Gasteiger partial charge in [-0.25, -0.2) is 0 Å². The van der Waals surface area contributed by atoms with E-state index in [-0.39, 0.29) is 0 Å². The summed E-state index contributed by atoms with van der Waals surface area (Å²) in [7, 11) is 1.77. The minimum Gasteiger partial charge on any atom is -0.496 e. The van der Waals surface area contributed by atoms with Crippen LogP contribution < -0.4 is 15.0 Å². The molecule has 0 atom stereocenters. The van der Waals surface area contributed by atoms with Crippen LogP contribution in [0.3, 0.4) is 0 Å². The van der Waals surface area contributed by atoms with E-state index in [0.29, 0.717) is 0 Å². The van der Waals surface area contributed by atoms with Crippen molar-refractivity contribution in [3.63, 3.8) is 0 Å². The van der Waals surface area contributed by atoms with Gasteiger partial charge in [0.2, 0.25) is 0 Å². The van der Waals surface area contributed by atoms with E-state index in [9.17, 15) is 0 Å². The Morgan fingerprint density at radius 2 is 2.00 bits per heavy atom. The maximum Gasteiger partial charge on any atom is 0.125 e. The van der Waals surface area contributed by atoms with Gasteiger partial charge in [-0.1, -0.05) is 0 Å². The molecule has 86 valence electrons. The molecular formula is C13H18N2O. The third-order valence-corrected chi connectivity index (χ3v) is 3.59. The second-order valence-electron chi connectivity index (χ2n) is 4.58. The number of methoxy groups -OCH3 is 1. The van der Waals surface area contributed by atoms with Crippen molar-refractivity contribution in [2.24, 2.45) is 0 Å². The molecule has 3 rings (SSSR count). The number of anilines is 1.